The number of benzene rings is 1. The van der Waals surface area contributed by atoms with Gasteiger partial charge in [0.2, 0.25) is 5.91 Å². The van der Waals surface area contributed by atoms with Crippen molar-refractivity contribution in [2.75, 3.05) is 13.1 Å². The molecular formula is C18H21N5OS. The van der Waals surface area contributed by atoms with Crippen LogP contribution in [0.5, 0.6) is 0 Å². The standard InChI is InChI=1S/C18H21N5OS/c1-4-22(5-2)18(24)13(3)25-17-15-11-21-23(16(15)19-12-20-17)14-9-7-6-8-10-14/h6-13H,4-5H2,1-3H3. The Hall–Kier alpha value is -2.41. The zero-order chi connectivity index (χ0) is 17.8. The van der Waals surface area contributed by atoms with E-state index in [2.05, 4.69) is 15.1 Å². The topological polar surface area (TPSA) is 63.9 Å². The second-order valence-corrected chi connectivity index (χ2v) is 6.91. The van der Waals surface area contributed by atoms with Crippen LogP contribution in [0.25, 0.3) is 16.7 Å². The number of carbonyl (C=O) groups excluding carboxylic acids is 1. The van der Waals surface area contributed by atoms with Gasteiger partial charge in [0, 0.05) is 13.1 Å². The molecule has 3 aromatic rings. The minimum Gasteiger partial charge on any atom is -0.342 e. The van der Waals surface area contributed by atoms with Gasteiger partial charge in [-0.05, 0) is 32.9 Å². The lowest BCUT2D eigenvalue weighted by molar-refractivity contribution is -0.129. The lowest BCUT2D eigenvalue weighted by Crippen LogP contribution is -2.36. The van der Waals surface area contributed by atoms with Crippen molar-refractivity contribution in [1.29, 1.82) is 0 Å². The van der Waals surface area contributed by atoms with Crippen LogP contribution in [-0.4, -0.2) is 48.9 Å². The van der Waals surface area contributed by atoms with Crippen molar-refractivity contribution in [3.05, 3.63) is 42.9 Å². The smallest absolute Gasteiger partial charge is 0.235 e. The predicted octanol–water partition coefficient (Wildman–Crippen LogP) is 3.16. The van der Waals surface area contributed by atoms with Crippen molar-refractivity contribution in [3.63, 3.8) is 0 Å². The number of thioether (sulfide) groups is 1. The molecule has 25 heavy (non-hydrogen) atoms. The summed E-state index contributed by atoms with van der Waals surface area (Å²) in [6.45, 7) is 7.33. The van der Waals surface area contributed by atoms with E-state index in [-0.39, 0.29) is 11.2 Å². The van der Waals surface area contributed by atoms with Crippen LogP contribution >= 0.6 is 11.8 Å². The van der Waals surface area contributed by atoms with Gasteiger partial charge in [0.1, 0.15) is 11.4 Å². The molecule has 7 heteroatoms. The van der Waals surface area contributed by atoms with Gasteiger partial charge in [-0.3, -0.25) is 4.79 Å². The van der Waals surface area contributed by atoms with E-state index in [4.69, 9.17) is 0 Å². The van der Waals surface area contributed by atoms with E-state index in [9.17, 15) is 4.79 Å². The maximum atomic E-state index is 12.5. The number of nitrogens with zero attached hydrogens (tertiary/aromatic N) is 5. The summed E-state index contributed by atoms with van der Waals surface area (Å²) in [5, 5.41) is 5.88. The second kappa shape index (κ2) is 7.65. The third-order valence-corrected chi connectivity index (χ3v) is 5.15. The number of fused-ring (bicyclic) bond motifs is 1. The maximum Gasteiger partial charge on any atom is 0.235 e. The van der Waals surface area contributed by atoms with Crippen molar-refractivity contribution in [3.8, 4) is 5.69 Å². The molecule has 0 fully saturated rings. The quantitative estimate of drug-likeness (QED) is 0.502. The van der Waals surface area contributed by atoms with Gasteiger partial charge in [-0.15, -0.1) is 0 Å². The van der Waals surface area contributed by atoms with Crippen LogP contribution in [0, 0.1) is 0 Å². The van der Waals surface area contributed by atoms with Crippen molar-refractivity contribution >= 4 is 28.7 Å². The number of carbonyl (C=O) groups is 1. The summed E-state index contributed by atoms with van der Waals surface area (Å²) in [4.78, 5) is 23.1. The molecule has 6 nitrogen and oxygen atoms in total. The van der Waals surface area contributed by atoms with Gasteiger partial charge in [-0.2, -0.15) is 5.10 Å². The highest BCUT2D eigenvalue weighted by Gasteiger charge is 2.21. The van der Waals surface area contributed by atoms with Crippen LogP contribution in [0.1, 0.15) is 20.8 Å². The molecule has 2 heterocycles. The summed E-state index contributed by atoms with van der Waals surface area (Å²) >= 11 is 1.45. The molecule has 0 aliphatic heterocycles. The Kier molecular flexibility index (Phi) is 5.33. The van der Waals surface area contributed by atoms with Gasteiger partial charge < -0.3 is 4.90 Å². The molecule has 1 atom stereocenters. The zero-order valence-electron chi connectivity index (χ0n) is 14.6. The number of hydrogen-bond acceptors (Lipinski definition) is 5. The van der Waals surface area contributed by atoms with Crippen molar-refractivity contribution < 1.29 is 4.79 Å². The normalized spacial score (nSPS) is 12.3. The third kappa shape index (κ3) is 3.51. The lowest BCUT2D eigenvalue weighted by atomic mass is 10.3. The predicted molar refractivity (Wildman–Crippen MR) is 99.9 cm³/mol. The van der Waals surface area contributed by atoms with Crippen LogP contribution in [0.2, 0.25) is 0 Å². The Bertz CT molecular complexity index is 860. The lowest BCUT2D eigenvalue weighted by Gasteiger charge is -2.22. The number of rotatable bonds is 6. The largest absolute Gasteiger partial charge is 0.342 e. The molecule has 130 valence electrons. The van der Waals surface area contributed by atoms with Crippen LogP contribution in [0.3, 0.4) is 0 Å². The van der Waals surface area contributed by atoms with E-state index in [1.165, 1.54) is 18.1 Å². The molecule has 0 saturated carbocycles. The summed E-state index contributed by atoms with van der Waals surface area (Å²) in [6, 6.07) is 9.85. The molecule has 0 bridgehead atoms. The Morgan fingerprint density at radius 3 is 2.60 bits per heavy atom. The molecule has 2 aromatic heterocycles. The van der Waals surface area contributed by atoms with E-state index in [1.54, 1.807) is 10.9 Å². The van der Waals surface area contributed by atoms with E-state index in [0.29, 0.717) is 13.1 Å². The van der Waals surface area contributed by atoms with Crippen LogP contribution < -0.4 is 0 Å². The average molecular weight is 355 g/mol. The fourth-order valence-corrected chi connectivity index (χ4v) is 3.65. The number of aromatic nitrogens is 4. The first-order valence-corrected chi connectivity index (χ1v) is 9.23. The van der Waals surface area contributed by atoms with Crippen LogP contribution in [0.15, 0.2) is 47.9 Å². The highest BCUT2D eigenvalue weighted by atomic mass is 32.2. The Balaban J connectivity index is 1.91. The molecule has 3 rings (SSSR count). The summed E-state index contributed by atoms with van der Waals surface area (Å²) in [5.41, 5.74) is 1.69. The number of amides is 1. The minimum absolute atomic E-state index is 0.122. The first-order chi connectivity index (χ1) is 12.2. The van der Waals surface area contributed by atoms with Gasteiger partial charge in [0.25, 0.3) is 0 Å². The molecular weight excluding hydrogens is 334 g/mol. The molecule has 1 amide bonds. The van der Waals surface area contributed by atoms with E-state index in [0.717, 1.165) is 21.7 Å². The molecule has 0 N–H and O–H groups in total. The van der Waals surface area contributed by atoms with E-state index in [1.807, 2.05) is 56.0 Å². The SMILES string of the molecule is CCN(CC)C(=O)C(C)Sc1ncnc2c1cnn2-c1ccccc1. The Morgan fingerprint density at radius 1 is 1.20 bits per heavy atom. The molecule has 0 spiro atoms. The fourth-order valence-electron chi connectivity index (χ4n) is 2.68. The zero-order valence-corrected chi connectivity index (χ0v) is 15.4. The summed E-state index contributed by atoms with van der Waals surface area (Å²) < 4.78 is 1.79. The summed E-state index contributed by atoms with van der Waals surface area (Å²) in [5.74, 6) is 0.122. The van der Waals surface area contributed by atoms with E-state index >= 15 is 0 Å². The molecule has 0 aliphatic rings. The monoisotopic (exact) mass is 355 g/mol. The number of para-hydroxylation sites is 1. The fraction of sp³-hybridized carbons (Fsp3) is 0.333. The van der Waals surface area contributed by atoms with Gasteiger partial charge in [0.15, 0.2) is 5.65 Å². The van der Waals surface area contributed by atoms with Gasteiger partial charge in [-0.25, -0.2) is 14.6 Å². The molecule has 0 saturated heterocycles. The van der Waals surface area contributed by atoms with Crippen molar-refractivity contribution in [2.45, 2.75) is 31.0 Å². The number of hydrogen-bond donors (Lipinski definition) is 0. The molecule has 1 unspecified atom stereocenters. The molecule has 0 aliphatic carbocycles. The molecule has 1 aromatic carbocycles. The second-order valence-electron chi connectivity index (χ2n) is 5.58. The first kappa shape index (κ1) is 17.4. The average Bonchev–Trinajstić information content (AvgIpc) is 3.08. The third-order valence-electron chi connectivity index (χ3n) is 4.04. The summed E-state index contributed by atoms with van der Waals surface area (Å²) in [6.07, 6.45) is 3.29. The van der Waals surface area contributed by atoms with Crippen molar-refractivity contribution in [1.82, 2.24) is 24.6 Å². The van der Waals surface area contributed by atoms with Gasteiger partial charge >= 0.3 is 0 Å². The van der Waals surface area contributed by atoms with Crippen LogP contribution in [-0.2, 0) is 4.79 Å². The van der Waals surface area contributed by atoms with E-state index < -0.39 is 0 Å². The highest BCUT2D eigenvalue weighted by Crippen LogP contribution is 2.29. The highest BCUT2D eigenvalue weighted by molar-refractivity contribution is 8.00. The molecule has 0 radical (unpaired) electrons. The Labute approximate surface area is 151 Å². The van der Waals surface area contributed by atoms with Gasteiger partial charge in [-0.1, -0.05) is 30.0 Å². The first-order valence-electron chi connectivity index (χ1n) is 8.35. The summed E-state index contributed by atoms with van der Waals surface area (Å²) in [7, 11) is 0. The van der Waals surface area contributed by atoms with Gasteiger partial charge in [0.05, 0.1) is 22.5 Å². The van der Waals surface area contributed by atoms with Crippen LogP contribution in [0.4, 0.5) is 0 Å². The minimum atomic E-state index is -0.210. The van der Waals surface area contributed by atoms with Crippen molar-refractivity contribution in [2.24, 2.45) is 0 Å². The Morgan fingerprint density at radius 2 is 1.92 bits per heavy atom. The maximum absolute atomic E-state index is 12.5.